The molecule has 0 fully saturated rings. The lowest BCUT2D eigenvalue weighted by Gasteiger charge is -2.16. The van der Waals surface area contributed by atoms with E-state index in [0.717, 1.165) is 77.9 Å². The Balaban J connectivity index is 1.12. The third-order valence-electron chi connectivity index (χ3n) is 10.2. The molecule has 0 aliphatic carbocycles. The SMILES string of the molecule is c1ccc(-c2cc(-c3cccc(-c4c(-c5cccc(-c6nc(-c7ccccc7)nc(-c7ccccc7)n6)c5)ccc5ncccc45)c3)nc(-c3ccccc3)n2)cc1. The summed E-state index contributed by atoms with van der Waals surface area (Å²) in [6.07, 6.45) is 1.84. The number of hydrogen-bond donors (Lipinski definition) is 0. The number of hydrogen-bond acceptors (Lipinski definition) is 6. The molecule has 10 aromatic rings. The zero-order chi connectivity index (χ0) is 38.7. The lowest BCUT2D eigenvalue weighted by Crippen LogP contribution is -2.00. The van der Waals surface area contributed by atoms with Crippen LogP contribution in [-0.4, -0.2) is 29.9 Å². The van der Waals surface area contributed by atoms with Crippen LogP contribution in [0.15, 0.2) is 206 Å². The van der Waals surface area contributed by atoms with Crippen LogP contribution >= 0.6 is 0 Å². The largest absolute Gasteiger partial charge is 0.256 e. The summed E-state index contributed by atoms with van der Waals surface area (Å²) in [7, 11) is 0. The van der Waals surface area contributed by atoms with Crippen molar-refractivity contribution in [2.75, 3.05) is 0 Å². The third-order valence-corrected chi connectivity index (χ3v) is 10.2. The van der Waals surface area contributed by atoms with Crippen LogP contribution in [0.4, 0.5) is 0 Å². The standard InChI is InChI=1S/C52H34N6/c1-5-16-35(17-6-1)46-34-47(55-49(54-46)36-18-7-2-8-19-36)40-25-14-26-41(33-40)48-43(29-30-45-44(48)28-15-31-53-45)39-24-13-27-42(32-39)52-57-50(37-20-9-3-10-21-37)56-51(58-52)38-22-11-4-12-23-38/h1-34H. The van der Waals surface area contributed by atoms with Crippen molar-refractivity contribution in [2.45, 2.75) is 0 Å². The van der Waals surface area contributed by atoms with Gasteiger partial charge in [0.05, 0.1) is 16.9 Å². The van der Waals surface area contributed by atoms with Crippen LogP contribution in [0.2, 0.25) is 0 Å². The van der Waals surface area contributed by atoms with E-state index in [1.54, 1.807) is 0 Å². The number of pyridine rings is 1. The van der Waals surface area contributed by atoms with Crippen LogP contribution in [0.3, 0.4) is 0 Å². The highest BCUT2D eigenvalue weighted by Gasteiger charge is 2.18. The summed E-state index contributed by atoms with van der Waals surface area (Å²) in [6.45, 7) is 0. The molecule has 3 aromatic heterocycles. The molecule has 272 valence electrons. The summed E-state index contributed by atoms with van der Waals surface area (Å²) in [4.78, 5) is 29.9. The van der Waals surface area contributed by atoms with Crippen molar-refractivity contribution in [3.05, 3.63) is 206 Å². The van der Waals surface area contributed by atoms with Crippen molar-refractivity contribution in [1.82, 2.24) is 29.9 Å². The molecule has 0 unspecified atom stereocenters. The Morgan fingerprint density at radius 2 is 0.724 bits per heavy atom. The van der Waals surface area contributed by atoms with Gasteiger partial charge in [-0.15, -0.1) is 0 Å². The average molecular weight is 743 g/mol. The van der Waals surface area contributed by atoms with Gasteiger partial charge in [-0.3, -0.25) is 4.98 Å². The van der Waals surface area contributed by atoms with E-state index in [0.29, 0.717) is 23.3 Å². The minimum Gasteiger partial charge on any atom is -0.256 e. The first-order chi connectivity index (χ1) is 28.7. The number of nitrogens with zero attached hydrogens (tertiary/aromatic N) is 6. The predicted octanol–water partition coefficient (Wildman–Crippen LogP) is 12.5. The van der Waals surface area contributed by atoms with Crippen molar-refractivity contribution in [2.24, 2.45) is 0 Å². The minimum absolute atomic E-state index is 0.604. The van der Waals surface area contributed by atoms with Crippen LogP contribution in [-0.2, 0) is 0 Å². The van der Waals surface area contributed by atoms with Gasteiger partial charge >= 0.3 is 0 Å². The molecule has 0 aliphatic heterocycles. The van der Waals surface area contributed by atoms with E-state index < -0.39 is 0 Å². The molecule has 0 amide bonds. The summed E-state index contributed by atoms with van der Waals surface area (Å²) in [6, 6.07) is 68.1. The van der Waals surface area contributed by atoms with E-state index in [-0.39, 0.29) is 0 Å². The molecule has 0 spiro atoms. The fourth-order valence-electron chi connectivity index (χ4n) is 7.37. The summed E-state index contributed by atoms with van der Waals surface area (Å²) in [5.74, 6) is 2.53. The highest BCUT2D eigenvalue weighted by Crippen LogP contribution is 2.40. The van der Waals surface area contributed by atoms with Gasteiger partial charge in [-0.2, -0.15) is 0 Å². The third kappa shape index (κ3) is 6.91. The first-order valence-corrected chi connectivity index (χ1v) is 19.2. The Bertz CT molecular complexity index is 2930. The van der Waals surface area contributed by atoms with Crippen LogP contribution in [0, 0.1) is 0 Å². The Kier molecular flexibility index (Phi) is 9.10. The summed E-state index contributed by atoms with van der Waals surface area (Å²) in [5.41, 5.74) is 12.6. The number of fused-ring (bicyclic) bond motifs is 1. The number of benzene rings is 7. The van der Waals surface area contributed by atoms with Gasteiger partial charge < -0.3 is 0 Å². The van der Waals surface area contributed by atoms with Crippen molar-refractivity contribution in [3.63, 3.8) is 0 Å². The maximum Gasteiger partial charge on any atom is 0.164 e. The Morgan fingerprint density at radius 3 is 1.33 bits per heavy atom. The minimum atomic E-state index is 0.604. The van der Waals surface area contributed by atoms with E-state index in [9.17, 15) is 0 Å². The van der Waals surface area contributed by atoms with E-state index in [1.165, 1.54) is 0 Å². The molecule has 0 saturated heterocycles. The molecule has 0 aliphatic rings. The normalized spacial score (nSPS) is 11.1. The molecule has 0 saturated carbocycles. The van der Waals surface area contributed by atoms with Crippen LogP contribution < -0.4 is 0 Å². The first-order valence-electron chi connectivity index (χ1n) is 19.2. The van der Waals surface area contributed by atoms with Gasteiger partial charge in [-0.1, -0.05) is 170 Å². The van der Waals surface area contributed by atoms with Crippen LogP contribution in [0.5, 0.6) is 0 Å². The molecular weight excluding hydrogens is 709 g/mol. The lowest BCUT2D eigenvalue weighted by molar-refractivity contribution is 1.07. The monoisotopic (exact) mass is 742 g/mol. The van der Waals surface area contributed by atoms with Gasteiger partial charge in [0.2, 0.25) is 0 Å². The van der Waals surface area contributed by atoms with Crippen molar-refractivity contribution < 1.29 is 0 Å². The zero-order valence-electron chi connectivity index (χ0n) is 31.3. The Labute approximate surface area is 336 Å². The highest BCUT2D eigenvalue weighted by molar-refractivity contribution is 6.03. The van der Waals surface area contributed by atoms with Crippen LogP contribution in [0.25, 0.3) is 101 Å². The predicted molar refractivity (Wildman–Crippen MR) is 234 cm³/mol. The quantitative estimate of drug-likeness (QED) is 0.154. The molecule has 0 atom stereocenters. The van der Waals surface area contributed by atoms with Gasteiger partial charge in [0.1, 0.15) is 0 Å². The second kappa shape index (κ2) is 15.3. The van der Waals surface area contributed by atoms with E-state index in [1.807, 2.05) is 109 Å². The Morgan fingerprint density at radius 1 is 0.276 bits per heavy atom. The number of rotatable bonds is 8. The topological polar surface area (TPSA) is 77.3 Å². The molecular formula is C52H34N6. The van der Waals surface area contributed by atoms with Gasteiger partial charge in [-0.05, 0) is 52.6 Å². The summed E-state index contributed by atoms with van der Waals surface area (Å²) >= 11 is 0. The average Bonchev–Trinajstić information content (AvgIpc) is 3.32. The van der Waals surface area contributed by atoms with E-state index >= 15 is 0 Å². The maximum atomic E-state index is 5.14. The summed E-state index contributed by atoms with van der Waals surface area (Å²) < 4.78 is 0. The highest BCUT2D eigenvalue weighted by atomic mass is 15.0. The van der Waals surface area contributed by atoms with Gasteiger partial charge in [0.15, 0.2) is 23.3 Å². The molecule has 58 heavy (non-hydrogen) atoms. The molecule has 0 N–H and O–H groups in total. The summed E-state index contributed by atoms with van der Waals surface area (Å²) in [5, 5.41) is 1.05. The van der Waals surface area contributed by atoms with Crippen LogP contribution in [0.1, 0.15) is 0 Å². The molecule has 7 aromatic carbocycles. The van der Waals surface area contributed by atoms with Gasteiger partial charge in [0, 0.05) is 45.0 Å². The first kappa shape index (κ1) is 34.5. The van der Waals surface area contributed by atoms with Crippen molar-refractivity contribution in [3.8, 4) is 90.3 Å². The van der Waals surface area contributed by atoms with Crippen molar-refractivity contribution in [1.29, 1.82) is 0 Å². The lowest BCUT2D eigenvalue weighted by atomic mass is 9.89. The smallest absolute Gasteiger partial charge is 0.164 e. The van der Waals surface area contributed by atoms with Gasteiger partial charge in [-0.25, -0.2) is 24.9 Å². The van der Waals surface area contributed by atoms with E-state index in [2.05, 4.69) is 97.1 Å². The van der Waals surface area contributed by atoms with Gasteiger partial charge in [0.25, 0.3) is 0 Å². The van der Waals surface area contributed by atoms with E-state index in [4.69, 9.17) is 29.9 Å². The molecule has 10 rings (SSSR count). The molecule has 0 bridgehead atoms. The molecule has 3 heterocycles. The fourth-order valence-corrected chi connectivity index (χ4v) is 7.37. The Hall–Kier alpha value is -7.96. The zero-order valence-corrected chi connectivity index (χ0v) is 31.3. The maximum absolute atomic E-state index is 5.14. The molecule has 6 nitrogen and oxygen atoms in total. The molecule has 0 radical (unpaired) electrons. The second-order valence-corrected chi connectivity index (χ2v) is 14.0. The second-order valence-electron chi connectivity index (χ2n) is 14.0. The number of aromatic nitrogens is 6. The van der Waals surface area contributed by atoms with Crippen molar-refractivity contribution >= 4 is 10.9 Å². The fraction of sp³-hybridized carbons (Fsp3) is 0. The molecule has 6 heteroatoms.